The highest BCUT2D eigenvalue weighted by atomic mass is 32.2. The van der Waals surface area contributed by atoms with Crippen molar-refractivity contribution in [2.45, 2.75) is 49.4 Å². The number of pyridine rings is 1. The monoisotopic (exact) mass is 553 g/mol. The number of para-hydroxylation sites is 3. The minimum absolute atomic E-state index is 0.382. The van der Waals surface area contributed by atoms with Crippen molar-refractivity contribution < 1.29 is 4.57 Å². The summed E-state index contributed by atoms with van der Waals surface area (Å²) in [5.41, 5.74) is 7.27. The van der Waals surface area contributed by atoms with Crippen LogP contribution in [0.5, 0.6) is 0 Å². The van der Waals surface area contributed by atoms with Crippen molar-refractivity contribution in [3.8, 4) is 11.5 Å². The van der Waals surface area contributed by atoms with Gasteiger partial charge in [-0.05, 0) is 86.0 Å². The fraction of sp³-hybridized carbons (Fsp3) is 0.167. The van der Waals surface area contributed by atoms with Crippen molar-refractivity contribution >= 4 is 44.6 Å². The van der Waals surface area contributed by atoms with E-state index >= 15 is 0 Å². The van der Waals surface area contributed by atoms with Crippen molar-refractivity contribution in [2.24, 2.45) is 0 Å². The molecule has 0 aliphatic carbocycles. The van der Waals surface area contributed by atoms with E-state index in [0.29, 0.717) is 12.0 Å². The summed E-state index contributed by atoms with van der Waals surface area (Å²) in [5, 5.41) is 2.49. The fourth-order valence-electron chi connectivity index (χ4n) is 5.76. The van der Waals surface area contributed by atoms with Crippen molar-refractivity contribution in [3.63, 3.8) is 0 Å². The molecule has 3 aromatic heterocycles. The summed E-state index contributed by atoms with van der Waals surface area (Å²) in [6, 6.07) is 37.6. The van der Waals surface area contributed by atoms with E-state index in [2.05, 4.69) is 151 Å². The van der Waals surface area contributed by atoms with Gasteiger partial charge in [0.15, 0.2) is 11.0 Å². The Balaban J connectivity index is 1.32. The number of hydrogen-bond acceptors (Lipinski definition) is 2. The Hall–Kier alpha value is -4.35. The zero-order valence-corrected chi connectivity index (χ0v) is 24.6. The molecule has 0 N–H and O–H groups in total. The minimum Gasteiger partial charge on any atom is -0.294 e. The lowest BCUT2D eigenvalue weighted by Crippen LogP contribution is -2.34. The molecule has 0 fully saturated rings. The molecule has 0 saturated carbocycles. The van der Waals surface area contributed by atoms with Crippen LogP contribution in [0.1, 0.15) is 45.2 Å². The quantitative estimate of drug-likeness (QED) is 0.192. The summed E-state index contributed by atoms with van der Waals surface area (Å²) in [7, 11) is 0. The smallest absolute Gasteiger partial charge is 0.250 e. The van der Waals surface area contributed by atoms with Crippen LogP contribution in [0.4, 0.5) is 0 Å². The Morgan fingerprint density at radius 2 is 1.44 bits per heavy atom. The molecular formula is C36H33N4S+. The van der Waals surface area contributed by atoms with Gasteiger partial charge in [-0.3, -0.25) is 4.57 Å². The predicted octanol–water partition coefficient (Wildman–Crippen LogP) is 9.27. The lowest BCUT2D eigenvalue weighted by Gasteiger charge is -2.11. The van der Waals surface area contributed by atoms with Gasteiger partial charge in [-0.1, -0.05) is 68.1 Å². The van der Waals surface area contributed by atoms with E-state index in [1.54, 1.807) is 11.8 Å². The Labute approximate surface area is 244 Å². The van der Waals surface area contributed by atoms with E-state index in [4.69, 9.17) is 4.98 Å². The molecule has 7 aromatic rings. The van der Waals surface area contributed by atoms with Gasteiger partial charge in [0.2, 0.25) is 6.33 Å². The molecule has 7 rings (SSSR count). The third-order valence-electron chi connectivity index (χ3n) is 7.86. The summed E-state index contributed by atoms with van der Waals surface area (Å²) < 4.78 is 6.95. The highest BCUT2D eigenvalue weighted by Gasteiger charge is 2.19. The average molecular weight is 554 g/mol. The van der Waals surface area contributed by atoms with E-state index in [0.717, 1.165) is 11.5 Å². The standard InChI is InChI=1S/C36H33N4S/c1-24(2)26-18-19-37-36(20-26)40-32-13-6-5-12-30(32)31-17-16-29(22-35(31)40)41-28-11-9-10-27(21-28)39-23-38(25(3)4)33-14-7-8-15-34(33)39/h5-25H,1-4H3/q+1. The third kappa shape index (κ3) is 4.51. The van der Waals surface area contributed by atoms with Crippen LogP contribution in [0.3, 0.4) is 0 Å². The Morgan fingerprint density at radius 1 is 0.683 bits per heavy atom. The normalized spacial score (nSPS) is 12.0. The van der Waals surface area contributed by atoms with E-state index in [1.165, 1.54) is 48.2 Å². The number of hydrogen-bond donors (Lipinski definition) is 0. The van der Waals surface area contributed by atoms with Gasteiger partial charge in [0.05, 0.1) is 17.1 Å². The number of fused-ring (bicyclic) bond motifs is 4. The number of aromatic nitrogens is 4. The van der Waals surface area contributed by atoms with Crippen LogP contribution in [-0.2, 0) is 0 Å². The molecular weight excluding hydrogens is 520 g/mol. The van der Waals surface area contributed by atoms with E-state index in [9.17, 15) is 0 Å². The van der Waals surface area contributed by atoms with Crippen molar-refractivity contribution in [3.05, 3.63) is 121 Å². The van der Waals surface area contributed by atoms with Gasteiger partial charge in [-0.15, -0.1) is 0 Å². The summed E-state index contributed by atoms with van der Waals surface area (Å²) in [6.07, 6.45) is 4.16. The maximum Gasteiger partial charge on any atom is 0.250 e. The van der Waals surface area contributed by atoms with Gasteiger partial charge >= 0.3 is 0 Å². The topological polar surface area (TPSA) is 26.6 Å². The highest BCUT2D eigenvalue weighted by molar-refractivity contribution is 7.99. The molecule has 0 amide bonds. The van der Waals surface area contributed by atoms with Crippen LogP contribution in [-0.4, -0.2) is 14.1 Å². The first-order valence-corrected chi connectivity index (χ1v) is 15.1. The van der Waals surface area contributed by atoms with E-state index in [-0.39, 0.29) is 0 Å². The van der Waals surface area contributed by atoms with Crippen molar-refractivity contribution in [1.82, 2.24) is 14.1 Å². The first-order chi connectivity index (χ1) is 20.0. The summed E-state index contributed by atoms with van der Waals surface area (Å²) >= 11 is 1.80. The molecule has 0 bridgehead atoms. The number of imidazole rings is 1. The average Bonchev–Trinajstić information content (AvgIpc) is 3.54. The zero-order valence-electron chi connectivity index (χ0n) is 23.8. The third-order valence-corrected chi connectivity index (χ3v) is 8.84. The molecule has 0 spiro atoms. The fourth-order valence-corrected chi connectivity index (χ4v) is 6.67. The molecule has 0 atom stereocenters. The first-order valence-electron chi connectivity index (χ1n) is 14.3. The molecule has 4 nitrogen and oxygen atoms in total. The lowest BCUT2D eigenvalue weighted by atomic mass is 10.1. The number of nitrogens with zero attached hydrogens (tertiary/aromatic N) is 4. The second-order valence-electron chi connectivity index (χ2n) is 11.2. The molecule has 5 heteroatoms. The highest BCUT2D eigenvalue weighted by Crippen LogP contribution is 2.37. The predicted molar refractivity (Wildman–Crippen MR) is 171 cm³/mol. The second kappa shape index (κ2) is 10.2. The van der Waals surface area contributed by atoms with Gasteiger partial charge in [0.1, 0.15) is 11.5 Å². The van der Waals surface area contributed by atoms with Gasteiger partial charge in [-0.25, -0.2) is 9.55 Å². The number of rotatable bonds is 6. The van der Waals surface area contributed by atoms with Gasteiger partial charge in [0.25, 0.3) is 0 Å². The maximum atomic E-state index is 4.81. The van der Waals surface area contributed by atoms with Crippen LogP contribution in [0.2, 0.25) is 0 Å². The molecule has 4 aromatic carbocycles. The SMILES string of the molecule is CC(C)c1ccnc(-n2c3ccccc3c3ccc(Sc4cccc(-n5c[n+](C(C)C)c6ccccc65)c4)cc32)c1. The molecule has 202 valence electrons. The summed E-state index contributed by atoms with van der Waals surface area (Å²) in [6.45, 7) is 8.92. The molecule has 0 unspecified atom stereocenters. The van der Waals surface area contributed by atoms with Crippen molar-refractivity contribution in [2.75, 3.05) is 0 Å². The van der Waals surface area contributed by atoms with Gasteiger partial charge < -0.3 is 0 Å². The van der Waals surface area contributed by atoms with Crippen LogP contribution < -0.4 is 4.57 Å². The Morgan fingerprint density at radius 3 is 2.27 bits per heavy atom. The second-order valence-corrected chi connectivity index (χ2v) is 12.4. The van der Waals surface area contributed by atoms with Crippen LogP contribution >= 0.6 is 11.8 Å². The van der Waals surface area contributed by atoms with Gasteiger partial charge in [-0.2, -0.15) is 4.57 Å². The molecule has 0 aliphatic rings. The number of benzene rings is 4. The minimum atomic E-state index is 0.382. The van der Waals surface area contributed by atoms with Crippen LogP contribution in [0.15, 0.2) is 125 Å². The summed E-state index contributed by atoms with van der Waals surface area (Å²) in [5.74, 6) is 1.40. The van der Waals surface area contributed by atoms with E-state index in [1.807, 2.05) is 6.20 Å². The lowest BCUT2D eigenvalue weighted by molar-refractivity contribution is -0.691. The first kappa shape index (κ1) is 25.6. The molecule has 3 heterocycles. The molecule has 0 saturated heterocycles. The van der Waals surface area contributed by atoms with Gasteiger partial charge in [0, 0.05) is 26.8 Å². The van der Waals surface area contributed by atoms with Crippen LogP contribution in [0, 0.1) is 0 Å². The van der Waals surface area contributed by atoms with E-state index < -0.39 is 0 Å². The largest absolute Gasteiger partial charge is 0.294 e. The molecule has 41 heavy (non-hydrogen) atoms. The zero-order chi connectivity index (χ0) is 28.1. The maximum absolute atomic E-state index is 4.81. The molecule has 0 radical (unpaired) electrons. The Kier molecular flexibility index (Phi) is 6.40. The van der Waals surface area contributed by atoms with Crippen molar-refractivity contribution in [1.29, 1.82) is 0 Å². The Bertz CT molecular complexity index is 2050. The van der Waals surface area contributed by atoms with Crippen LogP contribution in [0.25, 0.3) is 44.3 Å². The molecule has 0 aliphatic heterocycles. The summed E-state index contributed by atoms with van der Waals surface area (Å²) in [4.78, 5) is 7.22.